The number of hydrogen-bond acceptors (Lipinski definition) is 3. The van der Waals surface area contributed by atoms with Crippen LogP contribution in [-0.2, 0) is 11.2 Å². The van der Waals surface area contributed by atoms with Crippen molar-refractivity contribution in [3.8, 4) is 0 Å². The fraction of sp³-hybridized carbons (Fsp3) is 0.529. The molecule has 0 spiro atoms. The highest BCUT2D eigenvalue weighted by Crippen LogP contribution is 2.27. The van der Waals surface area contributed by atoms with Crippen molar-refractivity contribution < 1.29 is 4.74 Å². The minimum Gasteiger partial charge on any atom is -0.377 e. The molecule has 2 nitrogen and oxygen atoms in total. The number of thiophene rings is 1. The molecule has 3 heteroatoms. The lowest BCUT2D eigenvalue weighted by Crippen LogP contribution is -2.41. The van der Waals surface area contributed by atoms with Gasteiger partial charge >= 0.3 is 0 Å². The molecule has 1 heterocycles. The van der Waals surface area contributed by atoms with Crippen LogP contribution in [0.1, 0.15) is 32.8 Å². The summed E-state index contributed by atoms with van der Waals surface area (Å²) in [5, 5.41) is 7.33. The maximum absolute atomic E-state index is 5.80. The molecule has 2 atom stereocenters. The van der Waals surface area contributed by atoms with Gasteiger partial charge in [0.05, 0.1) is 6.10 Å². The zero-order chi connectivity index (χ0) is 14.4. The Morgan fingerprint density at radius 1 is 1.25 bits per heavy atom. The van der Waals surface area contributed by atoms with E-state index in [2.05, 4.69) is 55.7 Å². The van der Waals surface area contributed by atoms with Crippen molar-refractivity contribution in [2.45, 2.75) is 45.8 Å². The Bertz CT molecular complexity index is 522. The van der Waals surface area contributed by atoms with Crippen LogP contribution < -0.4 is 5.32 Å². The summed E-state index contributed by atoms with van der Waals surface area (Å²) in [6, 6.07) is 9.04. The third kappa shape index (κ3) is 3.81. The van der Waals surface area contributed by atoms with Gasteiger partial charge in [0.25, 0.3) is 0 Å². The van der Waals surface area contributed by atoms with E-state index < -0.39 is 0 Å². The van der Waals surface area contributed by atoms with Gasteiger partial charge in [-0.3, -0.25) is 0 Å². The van der Waals surface area contributed by atoms with Crippen LogP contribution in [0.2, 0.25) is 0 Å². The van der Waals surface area contributed by atoms with Gasteiger partial charge in [0.1, 0.15) is 0 Å². The van der Waals surface area contributed by atoms with Crippen LogP contribution in [0.5, 0.6) is 0 Å². The van der Waals surface area contributed by atoms with Crippen molar-refractivity contribution in [2.75, 3.05) is 13.2 Å². The maximum Gasteiger partial charge on any atom is 0.0703 e. The summed E-state index contributed by atoms with van der Waals surface area (Å²) in [6.07, 6.45) is 2.43. The first-order chi connectivity index (χ1) is 9.76. The third-order valence-electron chi connectivity index (χ3n) is 3.65. The van der Waals surface area contributed by atoms with Gasteiger partial charge in [0.2, 0.25) is 0 Å². The average molecular weight is 291 g/mol. The number of benzene rings is 1. The van der Waals surface area contributed by atoms with Crippen LogP contribution in [0.4, 0.5) is 0 Å². The van der Waals surface area contributed by atoms with Gasteiger partial charge in [-0.25, -0.2) is 0 Å². The van der Waals surface area contributed by atoms with E-state index in [1.165, 1.54) is 15.6 Å². The van der Waals surface area contributed by atoms with Gasteiger partial charge in [-0.2, -0.15) is 0 Å². The van der Waals surface area contributed by atoms with E-state index in [0.29, 0.717) is 6.04 Å². The number of rotatable bonds is 8. The zero-order valence-corrected chi connectivity index (χ0v) is 13.5. The molecule has 0 aliphatic rings. The van der Waals surface area contributed by atoms with Crippen molar-refractivity contribution >= 4 is 21.4 Å². The fourth-order valence-corrected chi connectivity index (χ4v) is 3.52. The van der Waals surface area contributed by atoms with Crippen LogP contribution >= 0.6 is 11.3 Å². The van der Waals surface area contributed by atoms with E-state index in [0.717, 1.165) is 26.0 Å². The lowest BCUT2D eigenvalue weighted by Gasteiger charge is -2.25. The van der Waals surface area contributed by atoms with Gasteiger partial charge in [-0.05, 0) is 55.6 Å². The Kier molecular flexibility index (Phi) is 6.02. The molecule has 0 aliphatic heterocycles. The highest BCUT2D eigenvalue weighted by molar-refractivity contribution is 7.17. The average Bonchev–Trinajstić information content (AvgIpc) is 2.87. The lowest BCUT2D eigenvalue weighted by atomic mass is 10.0. The molecule has 0 bridgehead atoms. The van der Waals surface area contributed by atoms with Gasteiger partial charge in [0, 0.05) is 17.3 Å². The van der Waals surface area contributed by atoms with Crippen molar-refractivity contribution in [1.29, 1.82) is 0 Å². The standard InChI is InChI=1S/C17H25NOS/c1-4-10-18-16(13(3)19-5-2)11-14-12-20-17-9-7-6-8-15(14)17/h6-9,12-13,16,18H,4-5,10-11H2,1-3H3. The van der Waals surface area contributed by atoms with Gasteiger partial charge in [-0.1, -0.05) is 25.1 Å². The summed E-state index contributed by atoms with van der Waals surface area (Å²) in [5.41, 5.74) is 1.44. The molecule has 2 rings (SSSR count). The number of hydrogen-bond donors (Lipinski definition) is 1. The topological polar surface area (TPSA) is 21.3 Å². The molecule has 1 aromatic heterocycles. The predicted octanol–water partition coefficient (Wildman–Crippen LogP) is 4.24. The largest absolute Gasteiger partial charge is 0.377 e. The van der Waals surface area contributed by atoms with E-state index in [1.54, 1.807) is 0 Å². The Morgan fingerprint density at radius 2 is 2.05 bits per heavy atom. The van der Waals surface area contributed by atoms with Crippen LogP contribution in [-0.4, -0.2) is 25.3 Å². The van der Waals surface area contributed by atoms with Crippen molar-refractivity contribution in [3.05, 3.63) is 35.2 Å². The monoisotopic (exact) mass is 291 g/mol. The second-order valence-corrected chi connectivity index (χ2v) is 6.09. The van der Waals surface area contributed by atoms with E-state index in [1.807, 2.05) is 11.3 Å². The molecule has 1 N–H and O–H groups in total. The molecule has 0 radical (unpaired) electrons. The summed E-state index contributed by atoms with van der Waals surface area (Å²) in [7, 11) is 0. The summed E-state index contributed by atoms with van der Waals surface area (Å²) >= 11 is 1.84. The Labute approximate surface area is 126 Å². The summed E-state index contributed by atoms with van der Waals surface area (Å²) in [6.45, 7) is 8.26. The van der Waals surface area contributed by atoms with E-state index in [4.69, 9.17) is 4.74 Å². The molecule has 1 aromatic carbocycles. The van der Waals surface area contributed by atoms with Crippen LogP contribution in [0.15, 0.2) is 29.6 Å². The molecule has 0 saturated heterocycles. The third-order valence-corrected chi connectivity index (χ3v) is 4.67. The summed E-state index contributed by atoms with van der Waals surface area (Å²) < 4.78 is 7.18. The molecule has 20 heavy (non-hydrogen) atoms. The van der Waals surface area contributed by atoms with E-state index in [9.17, 15) is 0 Å². The molecule has 2 aromatic rings. The van der Waals surface area contributed by atoms with Gasteiger partial charge in [-0.15, -0.1) is 11.3 Å². The van der Waals surface area contributed by atoms with Crippen molar-refractivity contribution in [2.24, 2.45) is 0 Å². The Balaban J connectivity index is 2.13. The highest BCUT2D eigenvalue weighted by Gasteiger charge is 2.18. The minimum atomic E-state index is 0.241. The molecular formula is C17H25NOS. The van der Waals surface area contributed by atoms with Crippen molar-refractivity contribution in [1.82, 2.24) is 5.32 Å². The summed E-state index contributed by atoms with van der Waals surface area (Å²) in [5.74, 6) is 0. The van der Waals surface area contributed by atoms with Gasteiger partial charge < -0.3 is 10.1 Å². The number of nitrogens with one attached hydrogen (secondary N) is 1. The first-order valence-corrected chi connectivity index (χ1v) is 8.44. The molecule has 0 fully saturated rings. The molecule has 0 amide bonds. The van der Waals surface area contributed by atoms with Crippen LogP contribution in [0.25, 0.3) is 10.1 Å². The predicted molar refractivity (Wildman–Crippen MR) is 88.7 cm³/mol. The Morgan fingerprint density at radius 3 is 2.80 bits per heavy atom. The van der Waals surface area contributed by atoms with E-state index >= 15 is 0 Å². The smallest absolute Gasteiger partial charge is 0.0703 e. The lowest BCUT2D eigenvalue weighted by molar-refractivity contribution is 0.0477. The molecule has 110 valence electrons. The number of fused-ring (bicyclic) bond motifs is 1. The second kappa shape index (κ2) is 7.77. The van der Waals surface area contributed by atoms with E-state index in [-0.39, 0.29) is 6.10 Å². The van der Waals surface area contributed by atoms with Crippen LogP contribution in [0, 0.1) is 0 Å². The normalized spacial score (nSPS) is 14.6. The second-order valence-electron chi connectivity index (χ2n) is 5.18. The molecular weight excluding hydrogens is 266 g/mol. The van der Waals surface area contributed by atoms with Crippen LogP contribution in [0.3, 0.4) is 0 Å². The fourth-order valence-electron chi connectivity index (χ4n) is 2.54. The first-order valence-electron chi connectivity index (χ1n) is 7.56. The maximum atomic E-state index is 5.80. The summed E-state index contributed by atoms with van der Waals surface area (Å²) in [4.78, 5) is 0. The molecule has 0 saturated carbocycles. The van der Waals surface area contributed by atoms with Gasteiger partial charge in [0.15, 0.2) is 0 Å². The molecule has 2 unspecified atom stereocenters. The number of ether oxygens (including phenoxy) is 1. The Hall–Kier alpha value is -0.900. The van der Waals surface area contributed by atoms with Crippen molar-refractivity contribution in [3.63, 3.8) is 0 Å². The quantitative estimate of drug-likeness (QED) is 0.785. The first kappa shape index (κ1) is 15.5. The highest BCUT2D eigenvalue weighted by atomic mass is 32.1. The minimum absolute atomic E-state index is 0.241. The SMILES string of the molecule is CCCNC(Cc1csc2ccccc12)C(C)OCC. The molecule has 0 aliphatic carbocycles. The zero-order valence-electron chi connectivity index (χ0n) is 12.7.